The van der Waals surface area contributed by atoms with Crippen LogP contribution in [0.1, 0.15) is 45.4 Å². The van der Waals surface area contributed by atoms with Crippen LogP contribution >= 0.6 is 0 Å². The zero-order valence-corrected chi connectivity index (χ0v) is 14.2. The van der Waals surface area contributed by atoms with Crippen molar-refractivity contribution in [1.29, 1.82) is 0 Å². The Morgan fingerprint density at radius 3 is 2.35 bits per heavy atom. The quantitative estimate of drug-likeness (QED) is 0.729. The molecule has 0 amide bonds. The molecule has 2 aliphatic rings. The molecule has 1 nitrogen and oxygen atoms in total. The van der Waals surface area contributed by atoms with Crippen LogP contribution < -0.4 is 5.19 Å². The molecule has 20 heavy (non-hydrogen) atoms. The van der Waals surface area contributed by atoms with Gasteiger partial charge in [-0.25, -0.2) is 0 Å². The van der Waals surface area contributed by atoms with Crippen LogP contribution in [0.4, 0.5) is 0 Å². The van der Waals surface area contributed by atoms with Crippen molar-refractivity contribution < 1.29 is 4.74 Å². The van der Waals surface area contributed by atoms with Crippen molar-refractivity contribution >= 4 is 13.3 Å². The second kappa shape index (κ2) is 5.30. The zero-order valence-electron chi connectivity index (χ0n) is 13.2. The molecule has 2 fully saturated rings. The maximum atomic E-state index is 6.54. The van der Waals surface area contributed by atoms with Crippen LogP contribution in [0, 0.1) is 0 Å². The molecule has 1 aliphatic carbocycles. The van der Waals surface area contributed by atoms with Gasteiger partial charge in [-0.2, -0.15) is 0 Å². The smallest absolute Gasteiger partial charge is 0.0863 e. The minimum Gasteiger partial charge on any atom is -0.372 e. The number of ether oxygens (including phenoxy) is 1. The van der Waals surface area contributed by atoms with Gasteiger partial charge in [0.15, 0.2) is 0 Å². The second-order valence-electron chi connectivity index (χ2n) is 7.46. The van der Waals surface area contributed by atoms with Crippen molar-refractivity contribution in [3.8, 4) is 0 Å². The lowest BCUT2D eigenvalue weighted by Crippen LogP contribution is -2.48. The van der Waals surface area contributed by atoms with E-state index in [1.807, 2.05) is 0 Å². The highest BCUT2D eigenvalue weighted by molar-refractivity contribution is 6.91. The fourth-order valence-corrected chi connectivity index (χ4v) is 8.14. The summed E-state index contributed by atoms with van der Waals surface area (Å²) in [5.41, 5.74) is 1.00. The van der Waals surface area contributed by atoms with Gasteiger partial charge < -0.3 is 4.74 Å². The van der Waals surface area contributed by atoms with E-state index in [0.29, 0.717) is 6.10 Å². The normalized spacial score (nSPS) is 29.8. The number of hydrogen-bond acceptors (Lipinski definition) is 1. The standard InChI is InChI=1S/C18H28OSi/c1-15-17(14-18(19-15)12-8-5-9-13-18)20(2,3)16-10-6-4-7-11-16/h4,6-7,10-11,15,17H,5,8-9,12-14H2,1-3H3/t15-,17+/m1/s1. The van der Waals surface area contributed by atoms with Gasteiger partial charge in [-0.3, -0.25) is 0 Å². The Morgan fingerprint density at radius 1 is 1.05 bits per heavy atom. The van der Waals surface area contributed by atoms with Gasteiger partial charge in [0.2, 0.25) is 0 Å². The number of benzene rings is 1. The lowest BCUT2D eigenvalue weighted by molar-refractivity contribution is -0.0571. The van der Waals surface area contributed by atoms with Crippen molar-refractivity contribution in [3.05, 3.63) is 30.3 Å². The van der Waals surface area contributed by atoms with Crippen LogP contribution in [0.3, 0.4) is 0 Å². The van der Waals surface area contributed by atoms with Crippen molar-refractivity contribution in [2.24, 2.45) is 0 Å². The minimum absolute atomic E-state index is 0.237. The summed E-state index contributed by atoms with van der Waals surface area (Å²) in [4.78, 5) is 0. The molecule has 2 atom stereocenters. The maximum absolute atomic E-state index is 6.54. The van der Waals surface area contributed by atoms with Crippen LogP contribution in [0.25, 0.3) is 0 Å². The van der Waals surface area contributed by atoms with Gasteiger partial charge in [0.1, 0.15) is 0 Å². The third-order valence-electron chi connectivity index (χ3n) is 5.80. The highest BCUT2D eigenvalue weighted by atomic mass is 28.3. The molecule has 1 aromatic rings. The van der Waals surface area contributed by atoms with Crippen LogP contribution in [0.15, 0.2) is 30.3 Å². The Kier molecular flexibility index (Phi) is 3.80. The van der Waals surface area contributed by atoms with E-state index in [2.05, 4.69) is 50.3 Å². The van der Waals surface area contributed by atoms with E-state index in [1.54, 1.807) is 5.19 Å². The fourth-order valence-electron chi connectivity index (χ4n) is 4.53. The summed E-state index contributed by atoms with van der Waals surface area (Å²) >= 11 is 0. The first-order valence-electron chi connectivity index (χ1n) is 8.27. The van der Waals surface area contributed by atoms with Crippen molar-refractivity contribution in [1.82, 2.24) is 0 Å². The summed E-state index contributed by atoms with van der Waals surface area (Å²) in [6, 6.07) is 11.2. The molecule has 2 heteroatoms. The van der Waals surface area contributed by atoms with Crippen LogP contribution in [-0.2, 0) is 4.74 Å². The van der Waals surface area contributed by atoms with Gasteiger partial charge in [-0.1, -0.05) is 67.9 Å². The Labute approximate surface area is 124 Å². The van der Waals surface area contributed by atoms with E-state index in [1.165, 1.54) is 38.5 Å². The molecule has 0 N–H and O–H groups in total. The highest BCUT2D eigenvalue weighted by Crippen LogP contribution is 2.50. The van der Waals surface area contributed by atoms with E-state index in [0.717, 1.165) is 5.54 Å². The van der Waals surface area contributed by atoms with Gasteiger partial charge in [0.25, 0.3) is 0 Å². The third-order valence-corrected chi connectivity index (χ3v) is 10.2. The molecule has 0 bridgehead atoms. The molecular formula is C18H28OSi. The first-order valence-corrected chi connectivity index (χ1v) is 11.3. The molecule has 1 saturated heterocycles. The van der Waals surface area contributed by atoms with Gasteiger partial charge in [0.05, 0.1) is 19.8 Å². The van der Waals surface area contributed by atoms with Crippen LogP contribution in [0.2, 0.25) is 18.6 Å². The Morgan fingerprint density at radius 2 is 1.70 bits per heavy atom. The molecule has 0 aromatic heterocycles. The maximum Gasteiger partial charge on any atom is 0.0863 e. The predicted molar refractivity (Wildman–Crippen MR) is 88.3 cm³/mol. The summed E-state index contributed by atoms with van der Waals surface area (Å²) in [5.74, 6) is 0. The molecule has 3 rings (SSSR count). The molecule has 1 aliphatic heterocycles. The molecular weight excluding hydrogens is 260 g/mol. The summed E-state index contributed by atoms with van der Waals surface area (Å²) in [7, 11) is -1.44. The topological polar surface area (TPSA) is 9.23 Å². The summed E-state index contributed by atoms with van der Waals surface area (Å²) < 4.78 is 6.54. The monoisotopic (exact) mass is 288 g/mol. The fraction of sp³-hybridized carbons (Fsp3) is 0.667. The summed E-state index contributed by atoms with van der Waals surface area (Å²) in [5, 5.41) is 1.59. The van der Waals surface area contributed by atoms with E-state index < -0.39 is 8.07 Å². The molecule has 1 aromatic carbocycles. The average Bonchev–Trinajstić information content (AvgIpc) is 2.78. The van der Waals surface area contributed by atoms with Gasteiger partial charge in [0, 0.05) is 0 Å². The molecule has 110 valence electrons. The third kappa shape index (κ3) is 2.48. The van der Waals surface area contributed by atoms with Crippen molar-refractivity contribution in [2.75, 3.05) is 0 Å². The predicted octanol–water partition coefficient (Wildman–Crippen LogP) is 4.48. The number of rotatable bonds is 2. The van der Waals surface area contributed by atoms with Crippen molar-refractivity contribution in [2.45, 2.75) is 75.8 Å². The minimum atomic E-state index is -1.44. The van der Waals surface area contributed by atoms with E-state index in [9.17, 15) is 0 Å². The molecule has 0 unspecified atom stereocenters. The molecule has 0 radical (unpaired) electrons. The Bertz CT molecular complexity index is 448. The van der Waals surface area contributed by atoms with Gasteiger partial charge >= 0.3 is 0 Å². The van der Waals surface area contributed by atoms with E-state index in [-0.39, 0.29) is 5.60 Å². The molecule has 1 heterocycles. The summed E-state index contributed by atoms with van der Waals surface area (Å²) in [6.07, 6.45) is 8.49. The lowest BCUT2D eigenvalue weighted by Gasteiger charge is -2.34. The highest BCUT2D eigenvalue weighted by Gasteiger charge is 2.51. The number of hydrogen-bond donors (Lipinski definition) is 0. The average molecular weight is 289 g/mol. The van der Waals surface area contributed by atoms with Crippen molar-refractivity contribution in [3.63, 3.8) is 0 Å². The van der Waals surface area contributed by atoms with E-state index in [4.69, 9.17) is 4.74 Å². The molecule has 1 saturated carbocycles. The lowest BCUT2D eigenvalue weighted by atomic mass is 9.83. The van der Waals surface area contributed by atoms with Gasteiger partial charge in [-0.15, -0.1) is 0 Å². The molecule has 1 spiro atoms. The zero-order chi connectivity index (χ0) is 14.2. The van der Waals surface area contributed by atoms with Gasteiger partial charge in [-0.05, 0) is 31.7 Å². The first-order chi connectivity index (χ1) is 9.54. The first kappa shape index (κ1) is 14.3. The van der Waals surface area contributed by atoms with E-state index >= 15 is 0 Å². The Balaban J connectivity index is 1.83. The second-order valence-corrected chi connectivity index (χ2v) is 12.2. The summed E-state index contributed by atoms with van der Waals surface area (Å²) in [6.45, 7) is 7.40. The largest absolute Gasteiger partial charge is 0.372 e. The van der Waals surface area contributed by atoms with Crippen LogP contribution in [0.5, 0.6) is 0 Å². The van der Waals surface area contributed by atoms with Crippen LogP contribution in [-0.4, -0.2) is 19.8 Å². The SMILES string of the molecule is C[C@H]1OC2(CCCCC2)C[C@@H]1[Si](C)(C)c1ccccc1. The Hall–Kier alpha value is -0.603.